The fraction of sp³-hybridized carbons (Fsp3) is 0.500. The first-order chi connectivity index (χ1) is 16.5. The first-order valence-electron chi connectivity index (χ1n) is 11.9. The molecule has 1 aromatic carbocycles. The number of esters is 1. The van der Waals surface area contributed by atoms with E-state index in [2.05, 4.69) is 0 Å². The molecular formula is C26H30N2O6. The maximum atomic E-state index is 14.0. The van der Waals surface area contributed by atoms with E-state index < -0.39 is 35.0 Å². The van der Waals surface area contributed by atoms with Crippen LogP contribution in [0.15, 0.2) is 54.6 Å². The van der Waals surface area contributed by atoms with E-state index in [1.54, 1.807) is 4.90 Å². The van der Waals surface area contributed by atoms with Crippen LogP contribution in [0, 0.1) is 11.8 Å². The van der Waals surface area contributed by atoms with Crippen molar-refractivity contribution in [3.05, 3.63) is 60.2 Å². The van der Waals surface area contributed by atoms with E-state index in [9.17, 15) is 19.5 Å². The minimum atomic E-state index is -1.32. The van der Waals surface area contributed by atoms with E-state index >= 15 is 0 Å². The molecule has 8 heteroatoms. The minimum Gasteiger partial charge on any atom is -0.465 e. The molecule has 5 rings (SSSR count). The highest BCUT2D eigenvalue weighted by atomic mass is 16.6. The molecule has 1 aromatic rings. The fourth-order valence-corrected chi connectivity index (χ4v) is 6.07. The summed E-state index contributed by atoms with van der Waals surface area (Å²) in [6.07, 6.45) is 8.50. The average Bonchev–Trinajstić information content (AvgIpc) is 3.18. The summed E-state index contributed by atoms with van der Waals surface area (Å²) in [7, 11) is 0. The third-order valence-corrected chi connectivity index (χ3v) is 7.54. The van der Waals surface area contributed by atoms with Crippen molar-refractivity contribution in [3.8, 4) is 0 Å². The van der Waals surface area contributed by atoms with Gasteiger partial charge in [-0.2, -0.15) is 0 Å². The van der Waals surface area contributed by atoms with Gasteiger partial charge in [0.25, 0.3) is 0 Å². The van der Waals surface area contributed by atoms with Gasteiger partial charge in [-0.1, -0.05) is 61.6 Å². The van der Waals surface area contributed by atoms with Gasteiger partial charge in [0.1, 0.15) is 23.2 Å². The zero-order chi connectivity index (χ0) is 23.9. The zero-order valence-electron chi connectivity index (χ0n) is 19.3. The van der Waals surface area contributed by atoms with Gasteiger partial charge >= 0.3 is 5.97 Å². The van der Waals surface area contributed by atoms with Crippen LogP contribution in [-0.2, 0) is 30.4 Å². The Morgan fingerprint density at radius 2 is 1.85 bits per heavy atom. The quantitative estimate of drug-likeness (QED) is 0.521. The van der Waals surface area contributed by atoms with Crippen molar-refractivity contribution in [2.45, 2.75) is 43.6 Å². The second-order valence-electron chi connectivity index (χ2n) is 9.34. The SMILES string of the molecule is CC[C@@]12C=CCCOC(=O)[C@@H]1[C@H]1C(=O)N(CCO)C3C(=O)N(Cc4ccccc4)CC=C[C@@]31O2. The van der Waals surface area contributed by atoms with E-state index in [-0.39, 0.29) is 31.6 Å². The van der Waals surface area contributed by atoms with Crippen molar-refractivity contribution in [3.63, 3.8) is 0 Å². The summed E-state index contributed by atoms with van der Waals surface area (Å²) in [6, 6.07) is 8.68. The van der Waals surface area contributed by atoms with Crippen molar-refractivity contribution in [1.82, 2.24) is 9.80 Å². The van der Waals surface area contributed by atoms with Gasteiger partial charge in [0.2, 0.25) is 11.8 Å². The van der Waals surface area contributed by atoms with Gasteiger partial charge in [-0.15, -0.1) is 0 Å². The second-order valence-corrected chi connectivity index (χ2v) is 9.34. The van der Waals surface area contributed by atoms with E-state index in [4.69, 9.17) is 9.47 Å². The molecule has 34 heavy (non-hydrogen) atoms. The molecule has 0 aromatic heterocycles. The molecule has 1 N–H and O–H groups in total. The third kappa shape index (κ3) is 3.31. The van der Waals surface area contributed by atoms with Crippen LogP contribution >= 0.6 is 0 Å². The monoisotopic (exact) mass is 466 g/mol. The molecule has 2 fully saturated rings. The van der Waals surface area contributed by atoms with Crippen molar-refractivity contribution in [2.75, 3.05) is 26.3 Å². The number of aliphatic hydroxyl groups excluding tert-OH is 1. The van der Waals surface area contributed by atoms with Gasteiger partial charge in [0, 0.05) is 19.6 Å². The fourth-order valence-electron chi connectivity index (χ4n) is 6.07. The van der Waals surface area contributed by atoms with Gasteiger partial charge in [0.05, 0.1) is 19.1 Å². The van der Waals surface area contributed by atoms with Crippen LogP contribution in [0.4, 0.5) is 0 Å². The summed E-state index contributed by atoms with van der Waals surface area (Å²) in [5.41, 5.74) is -1.38. The molecule has 1 unspecified atom stereocenters. The molecule has 5 atom stereocenters. The Labute approximate surface area is 198 Å². The van der Waals surface area contributed by atoms with E-state index in [0.717, 1.165) is 5.56 Å². The molecule has 4 aliphatic heterocycles. The summed E-state index contributed by atoms with van der Waals surface area (Å²) >= 11 is 0. The number of nitrogens with zero attached hydrogens (tertiary/aromatic N) is 2. The molecule has 1 spiro atoms. The molecule has 8 nitrogen and oxygen atoms in total. The number of benzene rings is 1. The Bertz CT molecular complexity index is 1040. The number of fused-ring (bicyclic) bond motifs is 2. The molecule has 4 aliphatic rings. The number of hydrogen-bond acceptors (Lipinski definition) is 6. The third-order valence-electron chi connectivity index (χ3n) is 7.54. The van der Waals surface area contributed by atoms with Crippen LogP contribution < -0.4 is 0 Å². The molecule has 2 saturated heterocycles. The molecule has 0 bridgehead atoms. The van der Waals surface area contributed by atoms with Crippen LogP contribution in [0.3, 0.4) is 0 Å². The van der Waals surface area contributed by atoms with Gasteiger partial charge in [-0.25, -0.2) is 0 Å². The number of β-amino-alcohol motifs (C(OH)–C–C–N with tert-alkyl or cyclic N) is 1. The van der Waals surface area contributed by atoms with Crippen molar-refractivity contribution < 1.29 is 29.0 Å². The van der Waals surface area contributed by atoms with Crippen LogP contribution in [0.5, 0.6) is 0 Å². The Balaban J connectivity index is 1.61. The van der Waals surface area contributed by atoms with Gasteiger partial charge in [-0.3, -0.25) is 14.4 Å². The highest BCUT2D eigenvalue weighted by Crippen LogP contribution is 2.58. The summed E-state index contributed by atoms with van der Waals surface area (Å²) in [6.45, 7) is 2.58. The van der Waals surface area contributed by atoms with E-state index in [1.165, 1.54) is 4.90 Å². The highest BCUT2D eigenvalue weighted by molar-refractivity contribution is 5.99. The smallest absolute Gasteiger partial charge is 0.313 e. The van der Waals surface area contributed by atoms with Crippen LogP contribution in [0.2, 0.25) is 0 Å². The standard InChI is InChI=1S/C26H30N2O6/c1-2-25-11-6-7-16-33-24(32)20(25)19-22(30)28(14-15-29)21-23(31)27(13-8-12-26(19,21)34-25)17-18-9-4-3-5-10-18/h3-6,8-12,19-21,29H,2,7,13-17H2,1H3/t19-,20-,21?,25+,26-/m0/s1. The molecule has 180 valence electrons. The number of carbonyl (C=O) groups is 3. The average molecular weight is 467 g/mol. The number of likely N-dealkylation sites (tertiary alicyclic amines) is 1. The largest absolute Gasteiger partial charge is 0.465 e. The molecule has 0 radical (unpaired) electrons. The first kappa shape index (κ1) is 22.8. The lowest BCUT2D eigenvalue weighted by atomic mass is 9.73. The Morgan fingerprint density at radius 3 is 2.59 bits per heavy atom. The normalized spacial score (nSPS) is 34.8. The number of carbonyl (C=O) groups excluding carboxylic acids is 3. The second kappa shape index (κ2) is 8.67. The molecule has 0 saturated carbocycles. The summed E-state index contributed by atoms with van der Waals surface area (Å²) in [5.74, 6) is -2.86. The van der Waals surface area contributed by atoms with E-state index in [0.29, 0.717) is 25.9 Å². The molecule has 2 amide bonds. The van der Waals surface area contributed by atoms with Crippen LogP contribution in [0.1, 0.15) is 25.3 Å². The minimum absolute atomic E-state index is 0.0133. The maximum Gasteiger partial charge on any atom is 0.313 e. The lowest BCUT2D eigenvalue weighted by Crippen LogP contribution is -2.56. The maximum absolute atomic E-state index is 14.0. The number of ether oxygens (including phenoxy) is 2. The number of aliphatic hydroxyl groups is 1. The Kier molecular flexibility index (Phi) is 5.81. The number of amides is 2. The van der Waals surface area contributed by atoms with Crippen molar-refractivity contribution >= 4 is 17.8 Å². The highest BCUT2D eigenvalue weighted by Gasteiger charge is 2.75. The number of cyclic esters (lactones) is 1. The van der Waals surface area contributed by atoms with Crippen molar-refractivity contribution in [1.29, 1.82) is 0 Å². The predicted octanol–water partition coefficient (Wildman–Crippen LogP) is 1.44. The Morgan fingerprint density at radius 1 is 1.06 bits per heavy atom. The van der Waals surface area contributed by atoms with Gasteiger partial charge in [-0.05, 0) is 18.4 Å². The van der Waals surface area contributed by atoms with Gasteiger partial charge < -0.3 is 24.4 Å². The summed E-state index contributed by atoms with van der Waals surface area (Å²) < 4.78 is 12.3. The molecule has 0 aliphatic carbocycles. The summed E-state index contributed by atoms with van der Waals surface area (Å²) in [5, 5.41) is 9.74. The number of rotatable bonds is 5. The van der Waals surface area contributed by atoms with Gasteiger partial charge in [0.15, 0.2) is 0 Å². The lowest BCUT2D eigenvalue weighted by Gasteiger charge is -2.38. The predicted molar refractivity (Wildman–Crippen MR) is 122 cm³/mol. The number of hydrogen-bond donors (Lipinski definition) is 1. The zero-order valence-corrected chi connectivity index (χ0v) is 19.3. The van der Waals surface area contributed by atoms with E-state index in [1.807, 2.05) is 61.6 Å². The topological polar surface area (TPSA) is 96.4 Å². The lowest BCUT2D eigenvalue weighted by molar-refractivity contribution is -0.162. The van der Waals surface area contributed by atoms with Crippen LogP contribution in [-0.4, -0.2) is 76.2 Å². The first-order valence-corrected chi connectivity index (χ1v) is 11.9. The van der Waals surface area contributed by atoms with Crippen molar-refractivity contribution in [2.24, 2.45) is 11.8 Å². The molecular weight excluding hydrogens is 436 g/mol. The Hall–Kier alpha value is -2.97. The van der Waals surface area contributed by atoms with Crippen LogP contribution in [0.25, 0.3) is 0 Å². The summed E-state index contributed by atoms with van der Waals surface area (Å²) in [4.78, 5) is 44.2. The molecule has 4 heterocycles.